The molecule has 0 radical (unpaired) electrons. The zero-order valence-electron chi connectivity index (χ0n) is 10.9. The Balaban J connectivity index is 2.15. The second-order valence-electron chi connectivity index (χ2n) is 4.40. The van der Waals surface area contributed by atoms with Gasteiger partial charge in [0.05, 0.1) is 11.6 Å². The number of aryl methyl sites for hydroxylation is 1. The van der Waals surface area contributed by atoms with Crippen LogP contribution < -0.4 is 4.74 Å². The maximum absolute atomic E-state index is 13.7. The minimum Gasteiger partial charge on any atom is -0.489 e. The third kappa shape index (κ3) is 2.92. The van der Waals surface area contributed by atoms with Crippen molar-refractivity contribution >= 4 is 0 Å². The lowest BCUT2D eigenvalue weighted by molar-refractivity contribution is 0.297. The van der Waals surface area contributed by atoms with E-state index >= 15 is 0 Å². The van der Waals surface area contributed by atoms with Gasteiger partial charge in [-0.3, -0.25) is 0 Å². The van der Waals surface area contributed by atoms with E-state index < -0.39 is 5.82 Å². The van der Waals surface area contributed by atoms with E-state index in [1.54, 1.807) is 12.1 Å². The number of hydrogen-bond acceptors (Lipinski definition) is 2. The summed E-state index contributed by atoms with van der Waals surface area (Å²) in [6.45, 7) is 4.13. The third-order valence-electron chi connectivity index (χ3n) is 3.12. The second kappa shape index (κ2) is 5.53. The van der Waals surface area contributed by atoms with Gasteiger partial charge in [-0.05, 0) is 43.2 Å². The summed E-state index contributed by atoms with van der Waals surface area (Å²) in [5.41, 5.74) is 2.95. The maximum atomic E-state index is 13.7. The molecule has 96 valence electrons. The molecule has 2 rings (SSSR count). The van der Waals surface area contributed by atoms with E-state index in [9.17, 15) is 4.39 Å². The van der Waals surface area contributed by atoms with E-state index in [0.717, 1.165) is 16.9 Å². The molecule has 0 fully saturated rings. The molecule has 0 N–H and O–H groups in total. The monoisotopic (exact) mass is 255 g/mol. The van der Waals surface area contributed by atoms with Gasteiger partial charge >= 0.3 is 0 Å². The molecule has 0 atom stereocenters. The Labute approximate surface area is 112 Å². The van der Waals surface area contributed by atoms with Gasteiger partial charge in [0.2, 0.25) is 0 Å². The van der Waals surface area contributed by atoms with Gasteiger partial charge < -0.3 is 4.74 Å². The maximum Gasteiger partial charge on any atom is 0.131 e. The van der Waals surface area contributed by atoms with Gasteiger partial charge in [-0.25, -0.2) is 4.39 Å². The Hall–Kier alpha value is -2.34. The number of benzene rings is 2. The molecule has 0 aliphatic rings. The summed E-state index contributed by atoms with van der Waals surface area (Å²) in [5, 5.41) is 8.68. The first-order valence-corrected chi connectivity index (χ1v) is 5.99. The Morgan fingerprint density at radius 3 is 2.68 bits per heavy atom. The molecule has 0 saturated heterocycles. The third-order valence-corrected chi connectivity index (χ3v) is 3.12. The molecule has 0 aliphatic carbocycles. The Morgan fingerprint density at radius 1 is 1.21 bits per heavy atom. The van der Waals surface area contributed by atoms with Gasteiger partial charge in [0.1, 0.15) is 18.2 Å². The van der Waals surface area contributed by atoms with Crippen molar-refractivity contribution in [3.8, 4) is 11.8 Å². The van der Waals surface area contributed by atoms with Crippen LogP contribution in [0.2, 0.25) is 0 Å². The van der Waals surface area contributed by atoms with E-state index in [-0.39, 0.29) is 6.61 Å². The van der Waals surface area contributed by atoms with Crippen molar-refractivity contribution in [3.05, 3.63) is 64.5 Å². The molecule has 2 aromatic rings. The van der Waals surface area contributed by atoms with Crippen LogP contribution in [0.15, 0.2) is 36.4 Å². The zero-order chi connectivity index (χ0) is 13.8. The standard InChI is InChI=1S/C16H14FNO/c1-11-4-3-5-16(12(11)2)19-10-14-7-6-13(9-18)8-15(14)17/h3-8H,10H2,1-2H3. The Morgan fingerprint density at radius 2 is 2.00 bits per heavy atom. The quantitative estimate of drug-likeness (QED) is 0.833. The summed E-state index contributed by atoms with van der Waals surface area (Å²) >= 11 is 0. The minimum absolute atomic E-state index is 0.155. The molecule has 0 bridgehead atoms. The fourth-order valence-corrected chi connectivity index (χ4v) is 1.77. The summed E-state index contributed by atoms with van der Waals surface area (Å²) in [7, 11) is 0. The summed E-state index contributed by atoms with van der Waals surface area (Å²) < 4.78 is 19.3. The molecule has 0 amide bonds. The van der Waals surface area contributed by atoms with Gasteiger partial charge in [-0.2, -0.15) is 5.26 Å². The van der Waals surface area contributed by atoms with Crippen molar-refractivity contribution in [1.29, 1.82) is 5.26 Å². The van der Waals surface area contributed by atoms with Gasteiger partial charge in [0.25, 0.3) is 0 Å². The molecule has 2 aromatic carbocycles. The molecule has 3 heteroatoms. The van der Waals surface area contributed by atoms with Crippen LogP contribution in [0.1, 0.15) is 22.3 Å². The number of nitriles is 1. The van der Waals surface area contributed by atoms with Crippen LogP contribution in [-0.4, -0.2) is 0 Å². The van der Waals surface area contributed by atoms with Gasteiger partial charge in [-0.15, -0.1) is 0 Å². The zero-order valence-corrected chi connectivity index (χ0v) is 10.9. The lowest BCUT2D eigenvalue weighted by atomic mass is 10.1. The summed E-state index contributed by atoms with van der Waals surface area (Å²) in [6.07, 6.45) is 0. The highest BCUT2D eigenvalue weighted by Crippen LogP contribution is 2.22. The molecular formula is C16H14FNO. The molecule has 19 heavy (non-hydrogen) atoms. The summed E-state index contributed by atoms with van der Waals surface area (Å²) in [6, 6.07) is 12.1. The van der Waals surface area contributed by atoms with Crippen LogP contribution in [0, 0.1) is 31.0 Å². The predicted octanol–water partition coefficient (Wildman–Crippen LogP) is 3.89. The van der Waals surface area contributed by atoms with Crippen molar-refractivity contribution in [3.63, 3.8) is 0 Å². The van der Waals surface area contributed by atoms with Crippen LogP contribution in [0.3, 0.4) is 0 Å². The number of ether oxygens (including phenoxy) is 1. The van der Waals surface area contributed by atoms with Crippen molar-refractivity contribution < 1.29 is 9.13 Å². The first kappa shape index (κ1) is 13.1. The first-order valence-electron chi connectivity index (χ1n) is 5.99. The van der Waals surface area contributed by atoms with E-state index in [1.807, 2.05) is 38.1 Å². The average Bonchev–Trinajstić information content (AvgIpc) is 2.41. The topological polar surface area (TPSA) is 33.0 Å². The lowest BCUT2D eigenvalue weighted by Crippen LogP contribution is -2.00. The highest BCUT2D eigenvalue weighted by Gasteiger charge is 2.06. The summed E-state index contributed by atoms with van der Waals surface area (Å²) in [5.74, 6) is 0.341. The van der Waals surface area contributed by atoms with Crippen LogP contribution >= 0.6 is 0 Å². The van der Waals surface area contributed by atoms with Crippen LogP contribution in [0.25, 0.3) is 0 Å². The summed E-state index contributed by atoms with van der Waals surface area (Å²) in [4.78, 5) is 0. The molecule has 0 unspecified atom stereocenters. The highest BCUT2D eigenvalue weighted by molar-refractivity contribution is 5.38. The first-order chi connectivity index (χ1) is 9.11. The SMILES string of the molecule is Cc1cccc(OCc2ccc(C#N)cc2F)c1C. The van der Waals surface area contributed by atoms with Gasteiger partial charge in [0, 0.05) is 5.56 Å². The molecule has 0 saturated carbocycles. The van der Waals surface area contributed by atoms with Crippen LogP contribution in [-0.2, 0) is 6.61 Å². The normalized spacial score (nSPS) is 10.0. The van der Waals surface area contributed by atoms with Crippen LogP contribution in [0.4, 0.5) is 4.39 Å². The van der Waals surface area contributed by atoms with E-state index in [2.05, 4.69) is 0 Å². The van der Waals surface area contributed by atoms with E-state index in [4.69, 9.17) is 10.00 Å². The smallest absolute Gasteiger partial charge is 0.131 e. The largest absolute Gasteiger partial charge is 0.489 e. The average molecular weight is 255 g/mol. The molecule has 0 aliphatic heterocycles. The van der Waals surface area contributed by atoms with E-state index in [0.29, 0.717) is 11.1 Å². The van der Waals surface area contributed by atoms with Gasteiger partial charge in [0.15, 0.2) is 0 Å². The van der Waals surface area contributed by atoms with Crippen molar-refractivity contribution in [1.82, 2.24) is 0 Å². The Bertz CT molecular complexity index is 644. The fraction of sp³-hybridized carbons (Fsp3) is 0.188. The second-order valence-corrected chi connectivity index (χ2v) is 4.40. The Kier molecular flexibility index (Phi) is 3.82. The van der Waals surface area contributed by atoms with Crippen molar-refractivity contribution in [2.75, 3.05) is 0 Å². The number of hydrogen-bond donors (Lipinski definition) is 0. The molecule has 0 spiro atoms. The number of rotatable bonds is 3. The molecular weight excluding hydrogens is 241 g/mol. The fourth-order valence-electron chi connectivity index (χ4n) is 1.77. The highest BCUT2D eigenvalue weighted by atomic mass is 19.1. The number of halogens is 1. The number of nitrogens with zero attached hydrogens (tertiary/aromatic N) is 1. The molecule has 0 heterocycles. The van der Waals surface area contributed by atoms with E-state index in [1.165, 1.54) is 6.07 Å². The molecule has 2 nitrogen and oxygen atoms in total. The van der Waals surface area contributed by atoms with Crippen molar-refractivity contribution in [2.24, 2.45) is 0 Å². The predicted molar refractivity (Wildman–Crippen MR) is 71.4 cm³/mol. The van der Waals surface area contributed by atoms with Gasteiger partial charge in [-0.1, -0.05) is 18.2 Å². The minimum atomic E-state index is -0.413. The van der Waals surface area contributed by atoms with Crippen molar-refractivity contribution in [2.45, 2.75) is 20.5 Å². The lowest BCUT2D eigenvalue weighted by Gasteiger charge is -2.11. The van der Waals surface area contributed by atoms with Crippen LogP contribution in [0.5, 0.6) is 5.75 Å². The molecule has 0 aromatic heterocycles.